The van der Waals surface area contributed by atoms with Crippen molar-refractivity contribution in [3.63, 3.8) is 0 Å². The van der Waals surface area contributed by atoms with Gasteiger partial charge < -0.3 is 13.6 Å². The van der Waals surface area contributed by atoms with Gasteiger partial charge in [-0.1, -0.05) is 186 Å². The highest BCUT2D eigenvalue weighted by Gasteiger charge is 2.51. The van der Waals surface area contributed by atoms with E-state index in [0.717, 1.165) is 22.2 Å². The molecule has 0 saturated heterocycles. The molecule has 0 N–H and O–H groups in total. The predicted octanol–water partition coefficient (Wildman–Crippen LogP) is 11.3. The van der Waals surface area contributed by atoms with Crippen LogP contribution in [0.3, 0.4) is 0 Å². The second kappa shape index (κ2) is 21.5. The molecule has 0 saturated carbocycles. The number of esters is 1. The third-order valence-electron chi connectivity index (χ3n) is 11.9. The van der Waals surface area contributed by atoms with E-state index in [4.69, 9.17) is 48.4 Å². The number of nitrogens with zero attached hydrogens (tertiary/aromatic N) is 6. The molecule has 17 heteroatoms. The number of hydrogen-bond donors (Lipinski definition) is 0. The quantitative estimate of drug-likeness (QED) is 0.0602. The Bertz CT molecular complexity index is 2860. The average molecular weight is 1040 g/mol. The van der Waals surface area contributed by atoms with E-state index < -0.39 is 22.6 Å². The van der Waals surface area contributed by atoms with Crippen LogP contribution in [0.15, 0.2) is 132 Å². The number of ether oxygens (including phenoxy) is 1. The van der Waals surface area contributed by atoms with E-state index >= 15 is 0 Å². The molecule has 0 aliphatic carbocycles. The lowest BCUT2D eigenvalue weighted by atomic mass is 10.2. The van der Waals surface area contributed by atoms with Crippen LogP contribution in [0.25, 0.3) is 10.0 Å². The van der Waals surface area contributed by atoms with E-state index in [9.17, 15) is 4.79 Å². The molecule has 0 atom stereocenters. The number of rotatable bonds is 14. The van der Waals surface area contributed by atoms with Gasteiger partial charge >= 0.3 is 5.97 Å². The molecule has 10 nitrogen and oxygen atoms in total. The Morgan fingerprint density at radius 1 is 0.574 bits per heavy atom. The maximum Gasteiger partial charge on any atom is 0.342 e. The van der Waals surface area contributed by atoms with Gasteiger partial charge in [-0.2, -0.15) is 0 Å². The van der Waals surface area contributed by atoms with Crippen LogP contribution >= 0.6 is 57.5 Å². The van der Waals surface area contributed by atoms with Gasteiger partial charge in [-0.25, -0.2) is 4.79 Å². The lowest BCUT2D eigenvalue weighted by molar-refractivity contribution is 0.0601. The van der Waals surface area contributed by atoms with Crippen LogP contribution in [0.5, 0.6) is 0 Å². The normalized spacial score (nSPS) is 12.2. The van der Waals surface area contributed by atoms with Gasteiger partial charge in [0.25, 0.3) is 16.6 Å². The first-order chi connectivity index (χ1) is 32.5. The third kappa shape index (κ3) is 9.98. The summed E-state index contributed by atoms with van der Waals surface area (Å²) >= 11 is 21.8. The standard InChI is InChI=1S/C26H28ClN3O3SSi.C25H27Cl2N3OSSi/c1-18-28-29-22(30(18)24-23(25(31)32-5)21(27)17-34-24)16-33-35(26(2,3)4,19-12-8-6-9-13-19)20-14-10-7-11-15-20;1-18-28-29-23(30(18)24-21(15-26)22(27)17-32-24)16-31-33(25(2,3)4,19-11-7-5-8-12-19)20-13-9-6-10-14-20/h6-15,17H,16H2,1-5H3;5-14,17H,15-16H2,1-4H3. The van der Waals surface area contributed by atoms with Gasteiger partial charge in [0.15, 0.2) is 11.6 Å². The minimum Gasteiger partial charge on any atom is -0.465 e. The average Bonchev–Trinajstić information content (AvgIpc) is 4.11. The molecule has 0 spiro atoms. The number of carbonyl (C=O) groups is 1. The van der Waals surface area contributed by atoms with Crippen LogP contribution in [0.2, 0.25) is 20.1 Å². The van der Waals surface area contributed by atoms with Crippen molar-refractivity contribution in [2.45, 2.75) is 84.6 Å². The van der Waals surface area contributed by atoms with Crippen molar-refractivity contribution in [2.24, 2.45) is 0 Å². The van der Waals surface area contributed by atoms with Crippen molar-refractivity contribution in [3.05, 3.63) is 177 Å². The number of halogens is 3. The summed E-state index contributed by atoms with van der Waals surface area (Å²) in [6, 6.07) is 42.0. The lowest BCUT2D eigenvalue weighted by Crippen LogP contribution is -2.66. The second-order valence-corrected chi connectivity index (χ2v) is 29.6. The van der Waals surface area contributed by atoms with Gasteiger partial charge in [-0.15, -0.1) is 54.7 Å². The van der Waals surface area contributed by atoms with E-state index in [1.54, 1.807) is 16.7 Å². The largest absolute Gasteiger partial charge is 0.465 e. The summed E-state index contributed by atoms with van der Waals surface area (Å²) in [6.45, 7) is 17.8. The summed E-state index contributed by atoms with van der Waals surface area (Å²) in [4.78, 5) is 12.5. The Balaban J connectivity index is 0.000000202. The maximum absolute atomic E-state index is 12.5. The highest BCUT2D eigenvalue weighted by molar-refractivity contribution is 7.13. The van der Waals surface area contributed by atoms with Gasteiger partial charge in [0, 0.05) is 16.3 Å². The Hall–Kier alpha value is -4.75. The highest BCUT2D eigenvalue weighted by Crippen LogP contribution is 2.40. The van der Waals surface area contributed by atoms with Crippen LogP contribution < -0.4 is 20.7 Å². The Labute approximate surface area is 424 Å². The fourth-order valence-electron chi connectivity index (χ4n) is 8.84. The number of hydrogen-bond acceptors (Lipinski definition) is 10. The summed E-state index contributed by atoms with van der Waals surface area (Å²) < 4.78 is 22.9. The third-order valence-corrected chi connectivity index (χ3v) is 25.0. The Kier molecular flexibility index (Phi) is 16.2. The van der Waals surface area contributed by atoms with Crippen LogP contribution in [0, 0.1) is 13.8 Å². The number of aryl methyl sites for hydroxylation is 2. The summed E-state index contributed by atoms with van der Waals surface area (Å²) in [5.41, 5.74) is 1.19. The van der Waals surface area contributed by atoms with Crippen molar-refractivity contribution < 1.29 is 18.4 Å². The molecule has 8 rings (SSSR count). The number of alkyl halides is 1. The first-order valence-corrected chi connectivity index (χ1v) is 28.9. The Morgan fingerprint density at radius 3 is 1.28 bits per heavy atom. The first kappa shape index (κ1) is 51.1. The number of benzene rings is 4. The smallest absolute Gasteiger partial charge is 0.342 e. The number of thiophene rings is 2. The van der Waals surface area contributed by atoms with E-state index in [1.807, 2.05) is 52.6 Å². The Morgan fingerprint density at radius 2 is 0.926 bits per heavy atom. The van der Waals surface area contributed by atoms with Gasteiger partial charge in [0.2, 0.25) is 0 Å². The first-order valence-electron chi connectivity index (χ1n) is 22.0. The monoisotopic (exact) mass is 1040 g/mol. The molecule has 354 valence electrons. The molecular weight excluding hydrogens is 987 g/mol. The molecule has 4 aromatic carbocycles. The fraction of sp³-hybridized carbons (Fsp3) is 0.275. The minimum atomic E-state index is -2.78. The van der Waals surface area contributed by atoms with Crippen LogP contribution in [-0.4, -0.2) is 59.2 Å². The molecule has 0 amide bonds. The molecule has 4 heterocycles. The molecule has 4 aromatic heterocycles. The van der Waals surface area contributed by atoms with Crippen LogP contribution in [-0.2, 0) is 32.7 Å². The van der Waals surface area contributed by atoms with Crippen molar-refractivity contribution in [1.29, 1.82) is 0 Å². The molecule has 0 fully saturated rings. The summed E-state index contributed by atoms with van der Waals surface area (Å²) in [6.07, 6.45) is 0. The van der Waals surface area contributed by atoms with Crippen molar-refractivity contribution in [1.82, 2.24) is 29.5 Å². The predicted molar refractivity (Wildman–Crippen MR) is 284 cm³/mol. The zero-order chi connectivity index (χ0) is 48.9. The topological polar surface area (TPSA) is 106 Å². The number of carbonyl (C=O) groups excluding carboxylic acids is 1. The molecule has 0 radical (unpaired) electrons. The van der Waals surface area contributed by atoms with Gasteiger partial charge in [-0.3, -0.25) is 9.13 Å². The molecule has 0 unspecified atom stereocenters. The molecule has 8 aromatic rings. The SMILES string of the molecule is COC(=O)c1c(Cl)csc1-n1c(C)nnc1CO[Si](c1ccccc1)(c1ccccc1)C(C)(C)C.Cc1nnc(CO[Si](c2ccccc2)(c2ccccc2)C(C)(C)C)n1-c1scc(Cl)c1CCl. The molecule has 68 heavy (non-hydrogen) atoms. The zero-order valence-electron chi connectivity index (χ0n) is 39.6. The summed E-state index contributed by atoms with van der Waals surface area (Å²) in [5, 5.41) is 28.2. The summed E-state index contributed by atoms with van der Waals surface area (Å²) in [7, 11) is -4.13. The van der Waals surface area contributed by atoms with E-state index in [0.29, 0.717) is 44.7 Å². The van der Waals surface area contributed by atoms with Gasteiger partial charge in [-0.05, 0) is 44.7 Å². The minimum absolute atomic E-state index is 0.122. The number of aromatic nitrogens is 6. The van der Waals surface area contributed by atoms with Crippen LogP contribution in [0.1, 0.15) is 80.8 Å². The van der Waals surface area contributed by atoms with E-state index in [2.05, 4.69) is 159 Å². The van der Waals surface area contributed by atoms with Crippen LogP contribution in [0.4, 0.5) is 0 Å². The second-order valence-electron chi connectivity index (χ2n) is 18.2. The highest BCUT2D eigenvalue weighted by atomic mass is 35.5. The molecule has 0 aliphatic rings. The van der Waals surface area contributed by atoms with Gasteiger partial charge in [0.05, 0.1) is 36.2 Å². The number of methoxy groups -OCH3 is 1. The van der Waals surface area contributed by atoms with Gasteiger partial charge in [0.1, 0.15) is 27.2 Å². The fourth-order valence-corrected chi connectivity index (χ4v) is 21.0. The molecule has 0 bridgehead atoms. The van der Waals surface area contributed by atoms with E-state index in [-0.39, 0.29) is 16.7 Å². The van der Waals surface area contributed by atoms with E-state index in [1.165, 1.54) is 39.2 Å². The van der Waals surface area contributed by atoms with Crippen molar-refractivity contribution >= 4 is 101 Å². The molecule has 0 aliphatic heterocycles. The summed E-state index contributed by atoms with van der Waals surface area (Å²) in [5.74, 6) is 2.57. The lowest BCUT2D eigenvalue weighted by Gasteiger charge is -2.42. The maximum atomic E-state index is 12.5. The van der Waals surface area contributed by atoms with Crippen molar-refractivity contribution in [3.8, 4) is 10.0 Å². The molecular formula is C51H55Cl3N6O4S2Si2. The van der Waals surface area contributed by atoms with Crippen molar-refractivity contribution in [2.75, 3.05) is 7.11 Å². The zero-order valence-corrected chi connectivity index (χ0v) is 45.5.